The van der Waals surface area contributed by atoms with Gasteiger partial charge in [0.2, 0.25) is 5.95 Å². The number of fused-ring (bicyclic) bond motifs is 1. The summed E-state index contributed by atoms with van der Waals surface area (Å²) in [5.74, 6) is 0.283. The lowest BCUT2D eigenvalue weighted by molar-refractivity contribution is -0.871. The van der Waals surface area contributed by atoms with Gasteiger partial charge in [-0.2, -0.15) is 9.79 Å². The van der Waals surface area contributed by atoms with Crippen LogP contribution < -0.4 is 11.5 Å². The molecule has 3 aromatic rings. The molecular weight excluding hydrogens is 807 g/mol. The van der Waals surface area contributed by atoms with Crippen molar-refractivity contribution in [3.05, 3.63) is 59.7 Å². The molecule has 1 aliphatic rings. The van der Waals surface area contributed by atoms with Crippen LogP contribution in [-0.4, -0.2) is 134 Å². The number of para-hydroxylation sites is 2. The van der Waals surface area contributed by atoms with Crippen molar-refractivity contribution in [3.63, 3.8) is 0 Å². The van der Waals surface area contributed by atoms with Crippen LogP contribution in [0.2, 0.25) is 0 Å². The Morgan fingerprint density at radius 3 is 1.56 bits per heavy atom. The minimum absolute atomic E-state index is 0.0995. The first kappa shape index (κ1) is 50.1. The van der Waals surface area contributed by atoms with E-state index >= 15 is 0 Å². The number of nitrogens with two attached hydrogens (primary N) is 2. The highest BCUT2D eigenvalue weighted by Gasteiger charge is 2.42. The summed E-state index contributed by atoms with van der Waals surface area (Å²) in [6.45, 7) is 23.8. The average molecular weight is 879 g/mol. The van der Waals surface area contributed by atoms with Crippen molar-refractivity contribution in [2.75, 3.05) is 52.4 Å². The molecule has 1 aromatic heterocycles. The molecule has 1 atom stereocenters. The molecule has 1 saturated heterocycles. The molecule has 0 saturated carbocycles. The van der Waals surface area contributed by atoms with Crippen LogP contribution in [0.3, 0.4) is 0 Å². The van der Waals surface area contributed by atoms with Crippen LogP contribution in [0.4, 0.5) is 25.1 Å². The summed E-state index contributed by atoms with van der Waals surface area (Å²) < 4.78 is 25.4. The van der Waals surface area contributed by atoms with Crippen molar-refractivity contribution in [1.82, 2.24) is 24.3 Å². The molecule has 63 heavy (non-hydrogen) atoms. The molecule has 0 radical (unpaired) electrons. The zero-order valence-electron chi connectivity index (χ0n) is 39.7. The van der Waals surface area contributed by atoms with Crippen LogP contribution in [0.15, 0.2) is 53.5 Å². The number of benzene rings is 2. The Labute approximate surface area is 373 Å². The zero-order chi connectivity index (χ0) is 47.0. The SMILES string of the molecule is CC(C)(C)OC(=O)N1CCCN(C(=O)OC(C)(C)C)CC[N+](Cc2ccc(Cn3c(N=C(N)N)nc4ccccc43)cc2)(C(=O)OC(C)(C)C)CCCN(C(=O)OC(C)(C)C)CC1. The minimum atomic E-state index is -0.829. The number of ether oxygens (including phenoxy) is 4. The lowest BCUT2D eigenvalue weighted by atomic mass is 10.1. The van der Waals surface area contributed by atoms with E-state index < -0.39 is 46.8 Å². The largest absolute Gasteiger partial charge is 0.516 e. The number of rotatable bonds is 5. The predicted octanol–water partition coefficient (Wildman–Crippen LogP) is 7.75. The van der Waals surface area contributed by atoms with Crippen molar-refractivity contribution in [3.8, 4) is 0 Å². The van der Waals surface area contributed by atoms with E-state index in [0.717, 1.165) is 22.2 Å². The number of amides is 4. The van der Waals surface area contributed by atoms with Gasteiger partial charge in [0, 0.05) is 44.7 Å². The standard InChI is InChI=1S/C46H72N9O8/c1-43(2,3)60-39(56)51-23-15-24-53(41(58)62-45(7,8)9)28-30-55(42(59)63-46(10,11)12,29-16-25-52(27-26-51)40(57)61-44(4,5)6)32-34-21-19-33(20-22-34)31-54-36-18-14-13-17-35(36)49-38(54)50-37(47)48/h13-14,17-22H,15-16,23-32H2,1-12H3,(H4,47,48,49,50)/q+1. The lowest BCUT2D eigenvalue weighted by Crippen LogP contribution is -2.58. The van der Waals surface area contributed by atoms with Crippen LogP contribution in [-0.2, 0) is 32.0 Å². The number of nitrogens with zero attached hydrogens (tertiary/aromatic N) is 7. The number of aliphatic imine (C=N–C) groups is 1. The summed E-state index contributed by atoms with van der Waals surface area (Å²) >= 11 is 0. The lowest BCUT2D eigenvalue weighted by Gasteiger charge is -2.39. The average Bonchev–Trinajstić information content (AvgIpc) is 3.46. The van der Waals surface area contributed by atoms with Crippen molar-refractivity contribution >= 4 is 47.3 Å². The molecule has 0 spiro atoms. The van der Waals surface area contributed by atoms with Crippen LogP contribution in [0, 0.1) is 0 Å². The fourth-order valence-corrected chi connectivity index (χ4v) is 7.01. The maximum Gasteiger partial charge on any atom is 0.516 e. The first-order valence-electron chi connectivity index (χ1n) is 21.8. The number of hydrogen-bond acceptors (Lipinski definition) is 10. The molecule has 4 amide bonds. The van der Waals surface area contributed by atoms with Gasteiger partial charge in [0.05, 0.1) is 30.7 Å². The summed E-state index contributed by atoms with van der Waals surface area (Å²) in [5.41, 5.74) is 11.8. The van der Waals surface area contributed by atoms with Crippen molar-refractivity contribution < 1.29 is 42.6 Å². The van der Waals surface area contributed by atoms with E-state index in [1.807, 2.05) is 73.9 Å². The van der Waals surface area contributed by atoms with E-state index in [-0.39, 0.29) is 69.3 Å². The second kappa shape index (κ2) is 20.3. The van der Waals surface area contributed by atoms with Crippen molar-refractivity contribution in [2.24, 2.45) is 16.5 Å². The number of carbonyl (C=O) groups is 4. The van der Waals surface area contributed by atoms with Gasteiger partial charge in [-0.15, -0.1) is 0 Å². The Balaban J connectivity index is 1.76. The maximum absolute atomic E-state index is 14.8. The Hall–Kier alpha value is -5.58. The highest BCUT2D eigenvalue weighted by molar-refractivity contribution is 5.82. The molecule has 2 aromatic carbocycles. The van der Waals surface area contributed by atoms with E-state index in [1.54, 1.807) is 77.0 Å². The summed E-state index contributed by atoms with van der Waals surface area (Å²) in [6.07, 6.45) is -1.33. The van der Waals surface area contributed by atoms with Gasteiger partial charge in [-0.25, -0.2) is 23.9 Å². The van der Waals surface area contributed by atoms with Gasteiger partial charge in [0.1, 0.15) is 35.5 Å². The molecule has 17 heteroatoms. The normalized spacial score (nSPS) is 17.7. The number of guanidine groups is 1. The van der Waals surface area contributed by atoms with Crippen LogP contribution >= 0.6 is 0 Å². The van der Waals surface area contributed by atoms with E-state index in [9.17, 15) is 19.2 Å². The molecule has 4 N–H and O–H groups in total. The van der Waals surface area contributed by atoms with Crippen molar-refractivity contribution in [1.29, 1.82) is 0 Å². The third-order valence-electron chi connectivity index (χ3n) is 9.76. The van der Waals surface area contributed by atoms with E-state index in [4.69, 9.17) is 30.4 Å². The number of hydrogen-bond donors (Lipinski definition) is 2. The van der Waals surface area contributed by atoms with Crippen LogP contribution in [0.1, 0.15) is 107 Å². The molecule has 2 heterocycles. The second-order valence-corrected chi connectivity index (χ2v) is 20.2. The first-order valence-corrected chi connectivity index (χ1v) is 21.8. The Morgan fingerprint density at radius 1 is 0.603 bits per heavy atom. The molecule has 348 valence electrons. The van der Waals surface area contributed by atoms with Crippen molar-refractivity contribution in [2.45, 2.75) is 131 Å². The number of quaternary nitrogens is 1. The van der Waals surface area contributed by atoms with Gasteiger partial charge in [-0.1, -0.05) is 36.4 Å². The third-order valence-corrected chi connectivity index (χ3v) is 9.76. The van der Waals surface area contributed by atoms with Gasteiger partial charge in [0.15, 0.2) is 5.96 Å². The number of imidazole rings is 1. The Bertz CT molecular complexity index is 2070. The fraction of sp³-hybridized carbons (Fsp3) is 0.609. The smallest absolute Gasteiger partial charge is 0.444 e. The quantitative estimate of drug-likeness (QED) is 0.110. The highest BCUT2D eigenvalue weighted by atomic mass is 16.6. The molecule has 1 unspecified atom stereocenters. The fourth-order valence-electron chi connectivity index (χ4n) is 7.01. The monoisotopic (exact) mass is 879 g/mol. The number of carbonyl (C=O) groups excluding carboxylic acids is 4. The molecule has 17 nitrogen and oxygen atoms in total. The van der Waals surface area contributed by atoms with Crippen LogP contribution in [0.25, 0.3) is 11.0 Å². The third kappa shape index (κ3) is 15.9. The summed E-state index contributed by atoms with van der Waals surface area (Å²) in [6, 6.07) is 15.6. The molecular formula is C46H72N9O8+. The van der Waals surface area contributed by atoms with Gasteiger partial charge >= 0.3 is 24.4 Å². The molecule has 4 rings (SSSR count). The van der Waals surface area contributed by atoms with Gasteiger partial charge in [-0.05, 0) is 107 Å². The maximum atomic E-state index is 14.8. The molecule has 1 aliphatic heterocycles. The highest BCUT2D eigenvalue weighted by Crippen LogP contribution is 2.27. The first-order chi connectivity index (χ1) is 29.1. The molecule has 1 fully saturated rings. The summed E-state index contributed by atoms with van der Waals surface area (Å²) in [7, 11) is 0. The molecule has 0 bridgehead atoms. The minimum Gasteiger partial charge on any atom is -0.444 e. The van der Waals surface area contributed by atoms with E-state index in [0.29, 0.717) is 25.3 Å². The van der Waals surface area contributed by atoms with Gasteiger partial charge < -0.3 is 49.7 Å². The summed E-state index contributed by atoms with van der Waals surface area (Å²) in [4.78, 5) is 69.5. The number of aromatic nitrogens is 2. The topological polar surface area (TPSA) is 197 Å². The predicted molar refractivity (Wildman–Crippen MR) is 243 cm³/mol. The second-order valence-electron chi connectivity index (χ2n) is 20.2. The molecule has 0 aliphatic carbocycles. The Morgan fingerprint density at radius 2 is 1.06 bits per heavy atom. The van der Waals surface area contributed by atoms with E-state index in [1.165, 1.54) is 0 Å². The Kier molecular flexibility index (Phi) is 16.1. The van der Waals surface area contributed by atoms with Crippen LogP contribution in [0.5, 0.6) is 0 Å². The zero-order valence-corrected chi connectivity index (χ0v) is 39.7. The van der Waals surface area contributed by atoms with Gasteiger partial charge in [-0.3, -0.25) is 0 Å². The van der Waals surface area contributed by atoms with Gasteiger partial charge in [0.25, 0.3) is 0 Å². The summed E-state index contributed by atoms with van der Waals surface area (Å²) in [5, 5.41) is 0. The van der Waals surface area contributed by atoms with E-state index in [2.05, 4.69) is 9.98 Å².